The van der Waals surface area contributed by atoms with Crippen molar-refractivity contribution >= 4 is 22.9 Å². The van der Waals surface area contributed by atoms with Gasteiger partial charge in [-0.25, -0.2) is 19.7 Å². The van der Waals surface area contributed by atoms with Crippen molar-refractivity contribution in [2.24, 2.45) is 0 Å². The molecular formula is C38H37N9O3. The third kappa shape index (κ3) is 5.45. The number of amides is 1. The number of hydrogen-bond donors (Lipinski definition) is 4. The van der Waals surface area contributed by atoms with Gasteiger partial charge in [-0.1, -0.05) is 30.3 Å². The second-order valence-corrected chi connectivity index (χ2v) is 13.6. The van der Waals surface area contributed by atoms with Gasteiger partial charge in [0.15, 0.2) is 0 Å². The van der Waals surface area contributed by atoms with Crippen LogP contribution in [0.25, 0.3) is 44.8 Å². The Labute approximate surface area is 288 Å². The third-order valence-electron chi connectivity index (χ3n) is 10.5. The van der Waals surface area contributed by atoms with Crippen molar-refractivity contribution in [3.63, 3.8) is 0 Å². The summed E-state index contributed by atoms with van der Waals surface area (Å²) in [5, 5.41) is 6.40. The molecule has 4 aromatic heterocycles. The molecule has 4 N–H and O–H groups in total. The lowest BCUT2D eigenvalue weighted by atomic mass is 9.79. The van der Waals surface area contributed by atoms with E-state index in [0.29, 0.717) is 25.4 Å². The zero-order chi connectivity index (χ0) is 33.8. The number of imidazole rings is 2. The van der Waals surface area contributed by atoms with E-state index in [0.717, 1.165) is 81.5 Å². The van der Waals surface area contributed by atoms with Gasteiger partial charge in [0.25, 0.3) is 0 Å². The summed E-state index contributed by atoms with van der Waals surface area (Å²) < 4.78 is 7.02. The molecule has 252 valence electrons. The topological polar surface area (TPSA) is 155 Å². The van der Waals surface area contributed by atoms with Crippen molar-refractivity contribution in [2.45, 2.75) is 62.6 Å². The summed E-state index contributed by atoms with van der Waals surface area (Å²) in [6.45, 7) is 1.67. The highest BCUT2D eigenvalue weighted by Crippen LogP contribution is 2.40. The van der Waals surface area contributed by atoms with Gasteiger partial charge in [0.1, 0.15) is 17.4 Å². The molecule has 6 heterocycles. The van der Waals surface area contributed by atoms with Crippen molar-refractivity contribution < 1.29 is 14.3 Å². The fraction of sp³-hybridized carbons (Fsp3) is 0.316. The first-order chi connectivity index (χ1) is 24.5. The van der Waals surface area contributed by atoms with E-state index in [1.807, 2.05) is 55.0 Å². The molecule has 12 heteroatoms. The van der Waals surface area contributed by atoms with Crippen LogP contribution in [0.15, 0.2) is 73.3 Å². The molecule has 0 spiro atoms. The third-order valence-corrected chi connectivity index (χ3v) is 10.5. The first-order valence-electron chi connectivity index (χ1n) is 17.3. The maximum Gasteiger partial charge on any atom is 0.407 e. The number of nitrogens with one attached hydrogen (secondary N) is 4. The molecule has 6 aromatic rings. The summed E-state index contributed by atoms with van der Waals surface area (Å²) in [5.41, 5.74) is 9.47. The monoisotopic (exact) mass is 667 g/mol. The van der Waals surface area contributed by atoms with E-state index in [4.69, 9.17) is 19.7 Å². The van der Waals surface area contributed by atoms with Gasteiger partial charge in [-0.2, -0.15) is 0 Å². The number of hydrogen-bond acceptors (Lipinski definition) is 8. The number of alkyl carbamates (subject to hydrolysis) is 1. The molecule has 0 radical (unpaired) electrons. The Bertz CT molecular complexity index is 2230. The number of Topliss-reactive ketones (excluding diaryl/α,β-unsaturated/α-hetero) is 1. The second-order valence-electron chi connectivity index (χ2n) is 13.6. The zero-order valence-corrected chi connectivity index (χ0v) is 27.6. The van der Waals surface area contributed by atoms with E-state index >= 15 is 0 Å². The number of aromatic nitrogens is 7. The summed E-state index contributed by atoms with van der Waals surface area (Å²) in [6.07, 6.45) is 11.2. The number of rotatable bonds is 6. The van der Waals surface area contributed by atoms with Gasteiger partial charge >= 0.3 is 6.09 Å². The molecule has 1 saturated heterocycles. The van der Waals surface area contributed by atoms with Crippen molar-refractivity contribution in [3.05, 3.63) is 96.2 Å². The fourth-order valence-electron chi connectivity index (χ4n) is 7.95. The number of carbonyl (C=O) groups is 2. The van der Waals surface area contributed by atoms with E-state index in [1.165, 1.54) is 19.1 Å². The Morgan fingerprint density at radius 3 is 2.50 bits per heavy atom. The normalized spacial score (nSPS) is 21.6. The van der Waals surface area contributed by atoms with Gasteiger partial charge in [0, 0.05) is 47.9 Å². The quantitative estimate of drug-likeness (QED) is 0.173. The van der Waals surface area contributed by atoms with Crippen LogP contribution in [0.3, 0.4) is 0 Å². The minimum atomic E-state index is -0.509. The van der Waals surface area contributed by atoms with Crippen LogP contribution in [-0.4, -0.2) is 66.0 Å². The molecule has 2 aromatic carbocycles. The average Bonchev–Trinajstić information content (AvgIpc) is 3.98. The summed E-state index contributed by atoms with van der Waals surface area (Å²) in [7, 11) is 1.35. The lowest BCUT2D eigenvalue weighted by Gasteiger charge is -2.31. The van der Waals surface area contributed by atoms with Crippen molar-refractivity contribution in [1.82, 2.24) is 45.1 Å². The molecule has 3 aliphatic rings. The van der Waals surface area contributed by atoms with E-state index in [1.54, 1.807) is 0 Å². The predicted octanol–water partition coefficient (Wildman–Crippen LogP) is 5.81. The van der Waals surface area contributed by atoms with Crippen LogP contribution < -0.4 is 10.6 Å². The number of ketones is 1. The van der Waals surface area contributed by atoms with Gasteiger partial charge in [0.05, 0.1) is 65.8 Å². The Hall–Kier alpha value is -5.62. The molecule has 1 aliphatic carbocycles. The molecule has 0 bridgehead atoms. The summed E-state index contributed by atoms with van der Waals surface area (Å²) in [4.78, 5) is 51.8. The first-order valence-corrected chi connectivity index (χ1v) is 17.3. The predicted molar refractivity (Wildman–Crippen MR) is 187 cm³/mol. The molecule has 50 heavy (non-hydrogen) atoms. The smallest absolute Gasteiger partial charge is 0.407 e. The van der Waals surface area contributed by atoms with Crippen LogP contribution in [0.4, 0.5) is 4.79 Å². The van der Waals surface area contributed by atoms with E-state index < -0.39 is 12.0 Å². The van der Waals surface area contributed by atoms with Gasteiger partial charge < -0.3 is 29.9 Å². The number of benzene rings is 2. The Balaban J connectivity index is 0.915. The number of fused-ring (bicyclic) bond motifs is 1. The molecule has 1 amide bonds. The molecule has 2 aliphatic heterocycles. The van der Waals surface area contributed by atoms with E-state index in [2.05, 4.69) is 48.5 Å². The lowest BCUT2D eigenvalue weighted by Crippen LogP contribution is -2.44. The summed E-state index contributed by atoms with van der Waals surface area (Å²) >= 11 is 0. The number of methoxy groups -OCH3 is 1. The number of aromatic amines is 2. The summed E-state index contributed by atoms with van der Waals surface area (Å²) in [6, 6.07) is 16.4. The number of H-pyrrole nitrogens is 2. The number of ether oxygens (including phenoxy) is 1. The lowest BCUT2D eigenvalue weighted by molar-refractivity contribution is -0.121. The van der Waals surface area contributed by atoms with Gasteiger partial charge in [-0.15, -0.1) is 0 Å². The molecule has 9 rings (SSSR count). The van der Waals surface area contributed by atoms with Crippen LogP contribution in [-0.2, 0) is 22.5 Å². The van der Waals surface area contributed by atoms with E-state index in [-0.39, 0.29) is 17.7 Å². The molecule has 4 atom stereocenters. The van der Waals surface area contributed by atoms with Crippen LogP contribution >= 0.6 is 0 Å². The molecule has 1 unspecified atom stereocenters. The zero-order valence-electron chi connectivity index (χ0n) is 27.6. The van der Waals surface area contributed by atoms with Crippen molar-refractivity contribution in [3.8, 4) is 33.8 Å². The maximum absolute atomic E-state index is 13.8. The molecule has 12 nitrogen and oxygen atoms in total. The fourth-order valence-corrected chi connectivity index (χ4v) is 7.95. The van der Waals surface area contributed by atoms with Crippen molar-refractivity contribution in [2.75, 3.05) is 13.7 Å². The first kappa shape index (κ1) is 30.4. The molecule has 1 fully saturated rings. The van der Waals surface area contributed by atoms with Gasteiger partial charge in [-0.3, -0.25) is 9.78 Å². The summed E-state index contributed by atoms with van der Waals surface area (Å²) in [5.74, 6) is 1.35. The Morgan fingerprint density at radius 1 is 0.900 bits per heavy atom. The highest BCUT2D eigenvalue weighted by Gasteiger charge is 2.41. The highest BCUT2D eigenvalue weighted by molar-refractivity contribution is 5.89. The van der Waals surface area contributed by atoms with Crippen LogP contribution in [0.5, 0.6) is 0 Å². The Morgan fingerprint density at radius 2 is 1.68 bits per heavy atom. The number of carbonyl (C=O) groups excluding carboxylic acids is 2. The van der Waals surface area contributed by atoms with Crippen LogP contribution in [0.2, 0.25) is 0 Å². The highest BCUT2D eigenvalue weighted by atomic mass is 16.5. The molecule has 0 saturated carbocycles. The second kappa shape index (κ2) is 12.4. The van der Waals surface area contributed by atoms with Crippen molar-refractivity contribution in [1.29, 1.82) is 0 Å². The van der Waals surface area contributed by atoms with Gasteiger partial charge in [-0.05, 0) is 61.6 Å². The minimum Gasteiger partial charge on any atom is -0.453 e. The standard InChI is InChI=1S/C38H37N9O3/c1-50-38(49)46-27-11-8-23-12-14-47-20-25(16-33(48)34(27)35(23)47)36-41-18-31(44-36)22-6-4-21(5-7-22)30-17-40-29-15-24(9-10-26(29)43-30)32-19-42-37(45-32)28-3-2-13-39-28/h4-7,9-10,12,14-15,17-19,25,27-28,34,39H,2-3,8,11,13,16,20H2,1H3,(H,41,44)(H,42,45)(H,46,49)/t25-,27-,28-,34?/m0/s1. The molecular weight excluding hydrogens is 630 g/mol. The van der Waals surface area contributed by atoms with Gasteiger partial charge in [0.2, 0.25) is 0 Å². The maximum atomic E-state index is 13.8. The minimum absolute atomic E-state index is 0.108. The Kier molecular flexibility index (Phi) is 7.53. The largest absolute Gasteiger partial charge is 0.453 e. The number of aryl methyl sites for hydroxylation is 1. The van der Waals surface area contributed by atoms with E-state index in [9.17, 15) is 9.59 Å². The SMILES string of the molecule is COC(=O)N[C@H]1CCc2ccn3c2C1C(=O)C[C@H](c1ncc(-c2ccc(-c4cnc5cc(-c6cnc([C@@H]7CCCN7)[nH]6)ccc5n4)cc2)[nH]1)C3. The van der Waals surface area contributed by atoms with Crippen LogP contribution in [0, 0.1) is 0 Å². The van der Waals surface area contributed by atoms with Crippen LogP contribution in [0.1, 0.15) is 66.5 Å². The average molecular weight is 668 g/mol. The number of nitrogens with zero attached hydrogens (tertiary/aromatic N) is 5.